The van der Waals surface area contributed by atoms with Crippen molar-refractivity contribution in [1.29, 1.82) is 0 Å². The van der Waals surface area contributed by atoms with Crippen molar-refractivity contribution in [3.8, 4) is 0 Å². The van der Waals surface area contributed by atoms with Gasteiger partial charge in [-0.05, 0) is 50.5 Å². The molecule has 0 saturated heterocycles. The molecule has 0 saturated carbocycles. The maximum Gasteiger partial charge on any atom is 0.224 e. The number of hydrogen-bond donors (Lipinski definition) is 1. The Labute approximate surface area is 121 Å². The van der Waals surface area contributed by atoms with E-state index in [1.54, 1.807) is 0 Å². The molecule has 0 atom stereocenters. The Morgan fingerprint density at radius 2 is 1.89 bits per heavy atom. The first-order valence-electron chi connectivity index (χ1n) is 7.19. The highest BCUT2D eigenvalue weighted by molar-refractivity contribution is 6.28. The number of rotatable bonds is 9. The van der Waals surface area contributed by atoms with Crippen LogP contribution in [-0.2, 0) is 6.42 Å². The summed E-state index contributed by atoms with van der Waals surface area (Å²) in [5.41, 5.74) is 0.977. The van der Waals surface area contributed by atoms with Crippen molar-refractivity contribution in [2.75, 3.05) is 31.5 Å². The van der Waals surface area contributed by atoms with Gasteiger partial charge in [-0.1, -0.05) is 20.8 Å². The van der Waals surface area contributed by atoms with Crippen LogP contribution in [0.3, 0.4) is 0 Å². The largest absolute Gasteiger partial charge is 0.370 e. The Balaban J connectivity index is 2.27. The molecule has 0 unspecified atom stereocenters. The van der Waals surface area contributed by atoms with E-state index in [1.165, 1.54) is 13.0 Å². The standard InChI is InChI=1S/C14H25ClN4/c1-4-12-11-13(18-14(15)17-12)16-9-7-8-10-19(5-2)6-3/h11H,4-10H2,1-3H3,(H,16,17,18). The summed E-state index contributed by atoms with van der Waals surface area (Å²) in [4.78, 5) is 10.8. The second kappa shape index (κ2) is 9.10. The summed E-state index contributed by atoms with van der Waals surface area (Å²) in [6.45, 7) is 10.8. The summed E-state index contributed by atoms with van der Waals surface area (Å²) < 4.78 is 0. The number of halogens is 1. The summed E-state index contributed by atoms with van der Waals surface area (Å²) in [7, 11) is 0. The van der Waals surface area contributed by atoms with Crippen LogP contribution in [0.5, 0.6) is 0 Å². The van der Waals surface area contributed by atoms with Crippen LogP contribution in [0.4, 0.5) is 5.82 Å². The second-order valence-corrected chi connectivity index (χ2v) is 4.87. The molecular weight excluding hydrogens is 260 g/mol. The molecule has 1 N–H and O–H groups in total. The highest BCUT2D eigenvalue weighted by atomic mass is 35.5. The molecule has 1 rings (SSSR count). The Bertz CT molecular complexity index is 366. The van der Waals surface area contributed by atoms with Crippen molar-refractivity contribution in [1.82, 2.24) is 14.9 Å². The maximum atomic E-state index is 5.88. The van der Waals surface area contributed by atoms with Gasteiger partial charge in [0.2, 0.25) is 5.28 Å². The lowest BCUT2D eigenvalue weighted by Crippen LogP contribution is -2.24. The van der Waals surface area contributed by atoms with Crippen molar-refractivity contribution in [2.45, 2.75) is 40.0 Å². The number of hydrogen-bond acceptors (Lipinski definition) is 4. The zero-order valence-corrected chi connectivity index (χ0v) is 13.0. The molecule has 19 heavy (non-hydrogen) atoms. The molecule has 0 aliphatic rings. The lowest BCUT2D eigenvalue weighted by Gasteiger charge is -2.17. The van der Waals surface area contributed by atoms with Crippen molar-refractivity contribution >= 4 is 17.4 Å². The van der Waals surface area contributed by atoms with Crippen LogP contribution in [0.2, 0.25) is 5.28 Å². The maximum absolute atomic E-state index is 5.88. The molecule has 0 spiro atoms. The number of nitrogens with zero attached hydrogens (tertiary/aromatic N) is 3. The van der Waals surface area contributed by atoms with Gasteiger partial charge in [0.1, 0.15) is 5.82 Å². The number of nitrogens with one attached hydrogen (secondary N) is 1. The summed E-state index contributed by atoms with van der Waals surface area (Å²) in [6.07, 6.45) is 3.21. The summed E-state index contributed by atoms with van der Waals surface area (Å²) >= 11 is 5.88. The van der Waals surface area contributed by atoms with Gasteiger partial charge in [-0.25, -0.2) is 9.97 Å². The second-order valence-electron chi connectivity index (χ2n) is 4.53. The lowest BCUT2D eigenvalue weighted by molar-refractivity contribution is 0.298. The molecule has 0 aliphatic carbocycles. The van der Waals surface area contributed by atoms with Crippen LogP contribution >= 0.6 is 11.6 Å². The molecule has 0 amide bonds. The Morgan fingerprint density at radius 3 is 2.53 bits per heavy atom. The first-order valence-corrected chi connectivity index (χ1v) is 7.57. The van der Waals surface area contributed by atoms with Gasteiger partial charge in [-0.15, -0.1) is 0 Å². The van der Waals surface area contributed by atoms with Gasteiger partial charge in [-0.2, -0.15) is 0 Å². The topological polar surface area (TPSA) is 41.0 Å². The molecule has 0 fully saturated rings. The molecule has 108 valence electrons. The third-order valence-electron chi connectivity index (χ3n) is 3.22. The summed E-state index contributed by atoms with van der Waals surface area (Å²) in [5.74, 6) is 0.833. The highest BCUT2D eigenvalue weighted by Gasteiger charge is 2.02. The molecule has 5 heteroatoms. The molecule has 0 aromatic carbocycles. The fourth-order valence-corrected chi connectivity index (χ4v) is 2.15. The Kier molecular flexibility index (Phi) is 7.75. The van der Waals surface area contributed by atoms with Gasteiger partial charge in [-0.3, -0.25) is 0 Å². The van der Waals surface area contributed by atoms with Crippen molar-refractivity contribution in [3.05, 3.63) is 17.0 Å². The third kappa shape index (κ3) is 6.21. The molecule has 1 aromatic rings. The predicted octanol–water partition coefficient (Wildman–Crippen LogP) is 3.23. The average molecular weight is 285 g/mol. The van der Waals surface area contributed by atoms with Crippen LogP contribution in [-0.4, -0.2) is 41.0 Å². The quantitative estimate of drug-likeness (QED) is 0.558. The number of anilines is 1. The van der Waals surface area contributed by atoms with Crippen LogP contribution in [0, 0.1) is 0 Å². The van der Waals surface area contributed by atoms with E-state index >= 15 is 0 Å². The number of aromatic nitrogens is 2. The minimum atomic E-state index is 0.324. The predicted molar refractivity (Wildman–Crippen MR) is 81.9 cm³/mol. The smallest absolute Gasteiger partial charge is 0.224 e. The number of aryl methyl sites for hydroxylation is 1. The van der Waals surface area contributed by atoms with E-state index < -0.39 is 0 Å². The highest BCUT2D eigenvalue weighted by Crippen LogP contribution is 2.11. The third-order valence-corrected chi connectivity index (χ3v) is 3.38. The van der Waals surface area contributed by atoms with Crippen molar-refractivity contribution in [3.63, 3.8) is 0 Å². The van der Waals surface area contributed by atoms with Gasteiger partial charge < -0.3 is 10.2 Å². The Hall–Kier alpha value is -0.870. The molecule has 0 aliphatic heterocycles. The van der Waals surface area contributed by atoms with E-state index in [0.29, 0.717) is 5.28 Å². The fraction of sp³-hybridized carbons (Fsp3) is 0.714. The van der Waals surface area contributed by atoms with E-state index in [-0.39, 0.29) is 0 Å². The average Bonchev–Trinajstić information content (AvgIpc) is 2.42. The van der Waals surface area contributed by atoms with Crippen LogP contribution < -0.4 is 5.32 Å². The zero-order valence-electron chi connectivity index (χ0n) is 12.2. The van der Waals surface area contributed by atoms with E-state index in [4.69, 9.17) is 11.6 Å². The van der Waals surface area contributed by atoms with E-state index in [2.05, 4.69) is 41.0 Å². The minimum absolute atomic E-state index is 0.324. The summed E-state index contributed by atoms with van der Waals surface area (Å²) in [5, 5.41) is 3.64. The molecule has 4 nitrogen and oxygen atoms in total. The Morgan fingerprint density at radius 1 is 1.16 bits per heavy atom. The normalized spacial score (nSPS) is 11.0. The monoisotopic (exact) mass is 284 g/mol. The molecule has 1 aromatic heterocycles. The molecule has 0 bridgehead atoms. The van der Waals surface area contributed by atoms with Crippen molar-refractivity contribution < 1.29 is 0 Å². The zero-order chi connectivity index (χ0) is 14.1. The van der Waals surface area contributed by atoms with Gasteiger partial charge in [0.15, 0.2) is 0 Å². The first-order chi connectivity index (χ1) is 9.19. The van der Waals surface area contributed by atoms with Crippen LogP contribution in [0.25, 0.3) is 0 Å². The molecular formula is C14H25ClN4. The minimum Gasteiger partial charge on any atom is -0.370 e. The van der Waals surface area contributed by atoms with Crippen molar-refractivity contribution in [2.24, 2.45) is 0 Å². The number of unbranched alkanes of at least 4 members (excludes halogenated alkanes) is 1. The van der Waals surface area contributed by atoms with Crippen LogP contribution in [0.15, 0.2) is 6.07 Å². The van der Waals surface area contributed by atoms with Gasteiger partial charge in [0.25, 0.3) is 0 Å². The first kappa shape index (κ1) is 16.2. The van der Waals surface area contributed by atoms with Gasteiger partial charge in [0, 0.05) is 18.3 Å². The summed E-state index contributed by atoms with van der Waals surface area (Å²) in [6, 6.07) is 1.97. The van der Waals surface area contributed by atoms with Crippen LogP contribution in [0.1, 0.15) is 39.3 Å². The van der Waals surface area contributed by atoms with Gasteiger partial charge >= 0.3 is 0 Å². The molecule has 1 heterocycles. The van der Waals surface area contributed by atoms with Gasteiger partial charge in [0.05, 0.1) is 0 Å². The van der Waals surface area contributed by atoms with E-state index in [1.807, 2.05) is 6.07 Å². The van der Waals surface area contributed by atoms with E-state index in [0.717, 1.165) is 44.0 Å². The molecule has 0 radical (unpaired) electrons. The van der Waals surface area contributed by atoms with E-state index in [9.17, 15) is 0 Å². The fourth-order valence-electron chi connectivity index (χ4n) is 1.95. The lowest BCUT2D eigenvalue weighted by atomic mass is 10.2. The SMILES string of the molecule is CCc1cc(NCCCCN(CC)CC)nc(Cl)n1.